The molecule has 0 aliphatic carbocycles. The van der Waals surface area contributed by atoms with E-state index in [4.69, 9.17) is 9.47 Å². The molecule has 1 fully saturated rings. The van der Waals surface area contributed by atoms with E-state index in [9.17, 15) is 19.9 Å². The summed E-state index contributed by atoms with van der Waals surface area (Å²) in [5, 5.41) is 3.95. The summed E-state index contributed by atoms with van der Waals surface area (Å²) < 4.78 is 12.2. The van der Waals surface area contributed by atoms with Gasteiger partial charge in [-0.15, -0.1) is 0 Å². The van der Waals surface area contributed by atoms with E-state index in [1.165, 1.54) is 11.8 Å². The monoisotopic (exact) mass is 514 g/mol. The van der Waals surface area contributed by atoms with Crippen molar-refractivity contribution in [2.75, 3.05) is 0 Å². The molecule has 0 bridgehead atoms. The maximum Gasteiger partial charge on any atom is 0.338 e. The van der Waals surface area contributed by atoms with Crippen molar-refractivity contribution in [1.29, 1.82) is 0 Å². The van der Waals surface area contributed by atoms with Gasteiger partial charge in [0.2, 0.25) is 0 Å². The van der Waals surface area contributed by atoms with Crippen LogP contribution in [0.5, 0.6) is 0 Å². The molecule has 3 aromatic carbocycles. The molecule has 0 spiro atoms. The molecule has 9 nitrogen and oxygen atoms in total. The third-order valence-electron chi connectivity index (χ3n) is 6.34. The van der Waals surface area contributed by atoms with Crippen LogP contribution in [0.3, 0.4) is 0 Å². The first-order valence-corrected chi connectivity index (χ1v) is 12.5. The maximum atomic E-state index is 13.4. The molecule has 2 aliphatic rings. The molecule has 1 saturated heterocycles. The Bertz CT molecular complexity index is 1340. The molecule has 37 heavy (non-hydrogen) atoms. The van der Waals surface area contributed by atoms with Crippen LogP contribution in [0.15, 0.2) is 94.9 Å². The first kappa shape index (κ1) is 24.6. The summed E-state index contributed by atoms with van der Waals surface area (Å²) in [4.78, 5) is 44.9. The van der Waals surface area contributed by atoms with Crippen molar-refractivity contribution in [3.63, 3.8) is 0 Å². The highest BCUT2D eigenvalue weighted by Crippen LogP contribution is 2.40. The van der Waals surface area contributed by atoms with Crippen LogP contribution in [0.1, 0.15) is 38.0 Å². The molecule has 10 heteroatoms. The average molecular weight is 515 g/mol. The van der Waals surface area contributed by atoms with Crippen LogP contribution < -0.4 is 0 Å². The Hall–Kier alpha value is -4.11. The highest BCUT2D eigenvalue weighted by atomic mass is 32.2. The Morgan fingerprint density at radius 1 is 0.946 bits per heavy atom. The Kier molecular flexibility index (Phi) is 6.96. The van der Waals surface area contributed by atoms with Crippen molar-refractivity contribution in [3.05, 3.63) is 112 Å². The van der Waals surface area contributed by atoms with Gasteiger partial charge in [0.05, 0.1) is 22.8 Å². The Labute approximate surface area is 217 Å². The molecule has 186 valence electrons. The molecule has 0 N–H and O–H groups in total. The maximum absolute atomic E-state index is 13.4. The van der Waals surface area contributed by atoms with Gasteiger partial charge in [-0.3, -0.25) is 14.5 Å². The van der Waals surface area contributed by atoms with Crippen molar-refractivity contribution in [3.8, 4) is 0 Å². The number of ether oxygens (including phenoxy) is 2. The molecule has 5 rings (SSSR count). The fourth-order valence-electron chi connectivity index (χ4n) is 4.65. The van der Waals surface area contributed by atoms with Crippen LogP contribution in [0.4, 0.5) is 0 Å². The fraction of sp³-hybridized carbons (Fsp3) is 0.222. The van der Waals surface area contributed by atoms with Crippen LogP contribution in [-0.2, 0) is 9.47 Å². The van der Waals surface area contributed by atoms with Crippen molar-refractivity contribution >= 4 is 29.5 Å². The molecule has 0 unspecified atom stereocenters. The van der Waals surface area contributed by atoms with Crippen molar-refractivity contribution in [2.24, 2.45) is 5.11 Å². The summed E-state index contributed by atoms with van der Waals surface area (Å²) in [6.45, 7) is 1.71. The van der Waals surface area contributed by atoms with Gasteiger partial charge in [0, 0.05) is 9.81 Å². The number of esters is 1. The second-order valence-electron chi connectivity index (χ2n) is 8.59. The van der Waals surface area contributed by atoms with Crippen LogP contribution in [0.25, 0.3) is 10.4 Å². The largest absolute Gasteiger partial charge is 0.456 e. The lowest BCUT2D eigenvalue weighted by Gasteiger charge is -2.46. The van der Waals surface area contributed by atoms with Gasteiger partial charge in [0.15, 0.2) is 0 Å². The number of fused-ring (bicyclic) bond motifs is 1. The Balaban J connectivity index is 1.55. The zero-order chi connectivity index (χ0) is 25.9. The second-order valence-corrected chi connectivity index (χ2v) is 9.76. The molecule has 0 radical (unpaired) electrons. The lowest BCUT2D eigenvalue weighted by molar-refractivity contribution is -0.114. The van der Waals surface area contributed by atoms with Gasteiger partial charge in [0.25, 0.3) is 11.8 Å². The lowest BCUT2D eigenvalue weighted by Crippen LogP contribution is -2.63. The van der Waals surface area contributed by atoms with E-state index in [2.05, 4.69) is 10.0 Å². The number of thioether (sulfide) groups is 1. The third kappa shape index (κ3) is 4.70. The number of hydrogen-bond acceptors (Lipinski definition) is 7. The summed E-state index contributed by atoms with van der Waals surface area (Å²) in [6.07, 6.45) is -1.89. The second kappa shape index (κ2) is 10.5. The van der Waals surface area contributed by atoms with Crippen molar-refractivity contribution < 1.29 is 23.9 Å². The SMILES string of the molecule is C[C@H]1O[C@@H](Sc2ccccc2)[C@H](N=[N+]=[N-])[C@@H](OC(=O)c2ccccc2)[C@H]1N1C(=O)c2ccccc2C1=O. The van der Waals surface area contributed by atoms with Crippen LogP contribution in [0, 0.1) is 0 Å². The van der Waals surface area contributed by atoms with Crippen LogP contribution >= 0.6 is 11.8 Å². The number of amides is 2. The molecule has 3 aromatic rings. The number of carbonyl (C=O) groups excluding carboxylic acids is 3. The minimum Gasteiger partial charge on any atom is -0.456 e. The van der Waals surface area contributed by atoms with Crippen molar-refractivity contribution in [2.45, 2.75) is 41.5 Å². The third-order valence-corrected chi connectivity index (χ3v) is 7.51. The Morgan fingerprint density at radius 3 is 2.11 bits per heavy atom. The number of imide groups is 1. The van der Waals surface area contributed by atoms with Gasteiger partial charge < -0.3 is 9.47 Å². The van der Waals surface area contributed by atoms with Crippen LogP contribution in [0.2, 0.25) is 0 Å². The van der Waals surface area contributed by atoms with Gasteiger partial charge in [-0.25, -0.2) is 4.79 Å². The molecule has 0 aromatic heterocycles. The van der Waals surface area contributed by atoms with Gasteiger partial charge in [-0.1, -0.05) is 65.4 Å². The predicted octanol–water partition coefficient (Wildman–Crippen LogP) is 5.09. The van der Waals surface area contributed by atoms with Gasteiger partial charge in [-0.2, -0.15) is 0 Å². The molecular formula is C27H22N4O5S. The van der Waals surface area contributed by atoms with E-state index in [0.717, 1.165) is 9.80 Å². The smallest absolute Gasteiger partial charge is 0.338 e. The molecule has 5 atom stereocenters. The van der Waals surface area contributed by atoms with E-state index in [1.54, 1.807) is 61.5 Å². The molecule has 0 saturated carbocycles. The quantitative estimate of drug-likeness (QED) is 0.148. The highest BCUT2D eigenvalue weighted by Gasteiger charge is 2.54. The summed E-state index contributed by atoms with van der Waals surface area (Å²) >= 11 is 1.31. The Morgan fingerprint density at radius 2 is 1.51 bits per heavy atom. The van der Waals surface area contributed by atoms with E-state index in [0.29, 0.717) is 0 Å². The minimum absolute atomic E-state index is 0.258. The average Bonchev–Trinajstić information content (AvgIpc) is 3.17. The first-order chi connectivity index (χ1) is 18.0. The molecule has 2 heterocycles. The number of rotatable bonds is 6. The minimum atomic E-state index is -1.16. The number of hydrogen-bond donors (Lipinski definition) is 0. The first-order valence-electron chi connectivity index (χ1n) is 11.6. The predicted molar refractivity (Wildman–Crippen MR) is 136 cm³/mol. The zero-order valence-electron chi connectivity index (χ0n) is 19.7. The molecular weight excluding hydrogens is 492 g/mol. The fourth-order valence-corrected chi connectivity index (χ4v) is 5.81. The molecule has 2 aliphatic heterocycles. The lowest BCUT2D eigenvalue weighted by atomic mass is 9.94. The van der Waals surface area contributed by atoms with Gasteiger partial charge in [0.1, 0.15) is 23.6 Å². The van der Waals surface area contributed by atoms with Crippen LogP contribution in [-0.4, -0.2) is 52.4 Å². The van der Waals surface area contributed by atoms with Gasteiger partial charge in [-0.05, 0) is 48.9 Å². The molecule has 2 amide bonds. The van der Waals surface area contributed by atoms with Crippen molar-refractivity contribution in [1.82, 2.24) is 4.90 Å². The normalized spacial score (nSPS) is 24.8. The number of benzene rings is 3. The summed E-state index contributed by atoms with van der Waals surface area (Å²) in [6, 6.07) is 22.2. The van der Waals surface area contributed by atoms with E-state index >= 15 is 0 Å². The number of nitrogens with zero attached hydrogens (tertiary/aromatic N) is 4. The zero-order valence-corrected chi connectivity index (χ0v) is 20.5. The number of carbonyl (C=O) groups is 3. The standard InChI is InChI=1S/C27H22N4O5S/c1-16-22(31-24(32)19-14-8-9-15-20(19)25(31)33)23(36-26(34)17-10-4-2-5-11-17)21(29-30-28)27(35-16)37-18-12-6-3-7-13-18/h2-16,21-23,27H,1H3/t16-,21-,22+,23-,27+/m1/s1. The van der Waals surface area contributed by atoms with E-state index < -0.39 is 47.5 Å². The van der Waals surface area contributed by atoms with E-state index in [-0.39, 0.29) is 16.7 Å². The van der Waals surface area contributed by atoms with E-state index in [1.807, 2.05) is 30.3 Å². The summed E-state index contributed by atoms with van der Waals surface area (Å²) in [7, 11) is 0. The topological polar surface area (TPSA) is 122 Å². The summed E-state index contributed by atoms with van der Waals surface area (Å²) in [5.74, 6) is -1.70. The van der Waals surface area contributed by atoms with Gasteiger partial charge >= 0.3 is 5.97 Å². The number of azide groups is 1. The summed E-state index contributed by atoms with van der Waals surface area (Å²) in [5.41, 5.74) is 9.50. The highest BCUT2D eigenvalue weighted by molar-refractivity contribution is 7.99.